The fourth-order valence-electron chi connectivity index (χ4n) is 1.28. The molecule has 2 N–H and O–H groups in total. The Hall–Kier alpha value is -1.88. The van der Waals surface area contributed by atoms with Crippen molar-refractivity contribution in [2.24, 2.45) is 5.73 Å². The number of primary amides is 1. The van der Waals surface area contributed by atoms with Gasteiger partial charge in [0.15, 0.2) is 5.65 Å². The first-order valence-corrected chi connectivity index (χ1v) is 5.00. The summed E-state index contributed by atoms with van der Waals surface area (Å²) in [5.41, 5.74) is 6.47. The lowest BCUT2D eigenvalue weighted by molar-refractivity contribution is -0.117. The average Bonchev–Trinajstić information content (AvgIpc) is 2.60. The largest absolute Gasteiger partial charge is 0.369 e. The molecule has 0 aliphatic carbocycles. The van der Waals surface area contributed by atoms with E-state index in [1.807, 2.05) is 0 Å². The highest BCUT2D eigenvalue weighted by Gasteiger charge is 2.01. The molecule has 2 aromatic heterocycles. The lowest BCUT2D eigenvalue weighted by Crippen LogP contribution is -2.07. The summed E-state index contributed by atoms with van der Waals surface area (Å²) in [7, 11) is 0. The Morgan fingerprint density at radius 3 is 3.12 bits per heavy atom. The molecule has 0 radical (unpaired) electrons. The molecule has 0 unspecified atom stereocenters. The van der Waals surface area contributed by atoms with Crippen molar-refractivity contribution in [1.29, 1.82) is 0 Å². The Morgan fingerprint density at radius 2 is 2.38 bits per heavy atom. The van der Waals surface area contributed by atoms with Crippen LogP contribution in [0.1, 0.15) is 12.1 Å². The molecule has 0 bridgehead atoms. The van der Waals surface area contributed by atoms with Crippen molar-refractivity contribution in [2.45, 2.75) is 6.42 Å². The molecular formula is C10H9ClN4O. The van der Waals surface area contributed by atoms with Crippen molar-refractivity contribution in [3.63, 3.8) is 0 Å². The maximum Gasteiger partial charge on any atom is 0.221 e. The first kappa shape index (κ1) is 10.6. The highest BCUT2D eigenvalue weighted by molar-refractivity contribution is 6.29. The lowest BCUT2D eigenvalue weighted by atomic mass is 10.3. The number of hydrogen-bond donors (Lipinski definition) is 1. The Kier molecular flexibility index (Phi) is 2.87. The van der Waals surface area contributed by atoms with Crippen LogP contribution in [0.15, 0.2) is 24.4 Å². The molecule has 0 aromatic carbocycles. The van der Waals surface area contributed by atoms with Crippen LogP contribution in [-0.2, 0) is 4.79 Å². The number of imidazole rings is 1. The fourth-order valence-corrected chi connectivity index (χ4v) is 1.42. The van der Waals surface area contributed by atoms with E-state index in [-0.39, 0.29) is 12.3 Å². The molecule has 82 valence electrons. The van der Waals surface area contributed by atoms with Gasteiger partial charge in [0.1, 0.15) is 5.15 Å². The SMILES string of the molecule is NC(=O)CC=Cc1cnc2ccc(Cl)nn12. The topological polar surface area (TPSA) is 73.3 Å². The third kappa shape index (κ3) is 2.20. The van der Waals surface area contributed by atoms with Crippen molar-refractivity contribution in [1.82, 2.24) is 14.6 Å². The number of fused-ring (bicyclic) bond motifs is 1. The van der Waals surface area contributed by atoms with E-state index in [1.54, 1.807) is 35.0 Å². The van der Waals surface area contributed by atoms with Gasteiger partial charge in [-0.15, -0.1) is 0 Å². The number of carbonyl (C=O) groups is 1. The van der Waals surface area contributed by atoms with Crippen LogP contribution in [-0.4, -0.2) is 20.5 Å². The summed E-state index contributed by atoms with van der Waals surface area (Å²) < 4.78 is 1.60. The molecule has 0 atom stereocenters. The van der Waals surface area contributed by atoms with E-state index in [9.17, 15) is 4.79 Å². The third-order valence-corrected chi connectivity index (χ3v) is 2.17. The van der Waals surface area contributed by atoms with Crippen LogP contribution in [0.25, 0.3) is 11.7 Å². The lowest BCUT2D eigenvalue weighted by Gasteiger charge is -1.95. The quantitative estimate of drug-likeness (QED) is 0.872. The second-order valence-corrected chi connectivity index (χ2v) is 3.57. The Balaban J connectivity index is 2.34. The van der Waals surface area contributed by atoms with Crippen LogP contribution in [0.3, 0.4) is 0 Å². The summed E-state index contributed by atoms with van der Waals surface area (Å²) in [5, 5.41) is 4.47. The average molecular weight is 237 g/mol. The van der Waals surface area contributed by atoms with Gasteiger partial charge in [-0.3, -0.25) is 4.79 Å². The zero-order chi connectivity index (χ0) is 11.5. The van der Waals surface area contributed by atoms with Crippen LogP contribution in [0, 0.1) is 0 Å². The number of hydrogen-bond acceptors (Lipinski definition) is 3. The van der Waals surface area contributed by atoms with Crippen LogP contribution in [0.5, 0.6) is 0 Å². The van der Waals surface area contributed by atoms with Crippen LogP contribution < -0.4 is 5.73 Å². The molecule has 16 heavy (non-hydrogen) atoms. The summed E-state index contributed by atoms with van der Waals surface area (Å²) in [6.45, 7) is 0. The minimum Gasteiger partial charge on any atom is -0.369 e. The molecule has 0 saturated heterocycles. The fraction of sp³-hybridized carbons (Fsp3) is 0.100. The Morgan fingerprint density at radius 1 is 1.56 bits per heavy atom. The van der Waals surface area contributed by atoms with E-state index < -0.39 is 0 Å². The standard InChI is InChI=1S/C10H9ClN4O/c11-8-4-5-10-13-6-7(15(10)14-8)2-1-3-9(12)16/h1-2,4-6H,3H2,(H2,12,16). The number of rotatable bonds is 3. The summed E-state index contributed by atoms with van der Waals surface area (Å²) in [5.74, 6) is -0.379. The molecular weight excluding hydrogens is 228 g/mol. The maximum atomic E-state index is 10.6. The van der Waals surface area contributed by atoms with Crippen LogP contribution in [0.4, 0.5) is 0 Å². The molecule has 1 amide bonds. The molecule has 2 heterocycles. The van der Waals surface area contributed by atoms with Gasteiger partial charge in [0, 0.05) is 6.42 Å². The highest BCUT2D eigenvalue weighted by Crippen LogP contribution is 2.10. The predicted octanol–water partition coefficient (Wildman–Crippen LogP) is 1.27. The van der Waals surface area contributed by atoms with Gasteiger partial charge in [0.25, 0.3) is 0 Å². The summed E-state index contributed by atoms with van der Waals surface area (Å²) in [6, 6.07) is 3.43. The monoisotopic (exact) mass is 236 g/mol. The minimum absolute atomic E-state index is 0.188. The van der Waals surface area contributed by atoms with E-state index in [0.717, 1.165) is 5.69 Å². The molecule has 6 heteroatoms. The van der Waals surface area contributed by atoms with Crippen LogP contribution in [0.2, 0.25) is 5.15 Å². The molecule has 0 fully saturated rings. The number of nitrogens with zero attached hydrogens (tertiary/aromatic N) is 3. The summed E-state index contributed by atoms with van der Waals surface area (Å²) in [6.07, 6.45) is 5.23. The second-order valence-electron chi connectivity index (χ2n) is 3.18. The van der Waals surface area contributed by atoms with Gasteiger partial charge in [0.05, 0.1) is 11.9 Å². The molecule has 0 spiro atoms. The van der Waals surface area contributed by atoms with Gasteiger partial charge >= 0.3 is 0 Å². The molecule has 2 aromatic rings. The normalized spacial score (nSPS) is 11.3. The number of halogens is 1. The van der Waals surface area contributed by atoms with Gasteiger partial charge in [-0.1, -0.05) is 17.7 Å². The van der Waals surface area contributed by atoms with Crippen molar-refractivity contribution >= 4 is 29.2 Å². The number of aromatic nitrogens is 3. The van der Waals surface area contributed by atoms with Gasteiger partial charge < -0.3 is 5.73 Å². The van der Waals surface area contributed by atoms with E-state index in [2.05, 4.69) is 10.1 Å². The van der Waals surface area contributed by atoms with E-state index >= 15 is 0 Å². The number of amides is 1. The maximum absolute atomic E-state index is 10.6. The van der Waals surface area contributed by atoms with Gasteiger partial charge in [-0.2, -0.15) is 5.10 Å². The van der Waals surface area contributed by atoms with Crippen molar-refractivity contribution in [3.8, 4) is 0 Å². The minimum atomic E-state index is -0.379. The van der Waals surface area contributed by atoms with Crippen LogP contribution >= 0.6 is 11.6 Å². The molecule has 0 saturated carbocycles. The second kappa shape index (κ2) is 4.32. The van der Waals surface area contributed by atoms with Gasteiger partial charge in [0.2, 0.25) is 5.91 Å². The Labute approximate surface area is 96.5 Å². The van der Waals surface area contributed by atoms with E-state index in [0.29, 0.717) is 10.8 Å². The molecule has 0 aliphatic heterocycles. The van der Waals surface area contributed by atoms with Crippen molar-refractivity contribution < 1.29 is 4.79 Å². The summed E-state index contributed by atoms with van der Waals surface area (Å²) in [4.78, 5) is 14.7. The summed E-state index contributed by atoms with van der Waals surface area (Å²) >= 11 is 5.77. The van der Waals surface area contributed by atoms with Crippen molar-refractivity contribution in [2.75, 3.05) is 0 Å². The van der Waals surface area contributed by atoms with Gasteiger partial charge in [-0.05, 0) is 18.2 Å². The highest BCUT2D eigenvalue weighted by atomic mass is 35.5. The zero-order valence-electron chi connectivity index (χ0n) is 8.30. The molecule has 5 nitrogen and oxygen atoms in total. The van der Waals surface area contributed by atoms with E-state index in [4.69, 9.17) is 17.3 Å². The zero-order valence-corrected chi connectivity index (χ0v) is 9.05. The number of nitrogens with two attached hydrogens (primary N) is 1. The first-order chi connectivity index (χ1) is 7.66. The third-order valence-electron chi connectivity index (χ3n) is 1.96. The molecule has 2 rings (SSSR count). The number of carbonyl (C=O) groups excluding carboxylic acids is 1. The van der Waals surface area contributed by atoms with Gasteiger partial charge in [-0.25, -0.2) is 9.50 Å². The van der Waals surface area contributed by atoms with E-state index in [1.165, 1.54) is 0 Å². The smallest absolute Gasteiger partial charge is 0.221 e. The Bertz CT molecular complexity index is 561. The predicted molar refractivity (Wildman–Crippen MR) is 60.8 cm³/mol. The van der Waals surface area contributed by atoms with Crippen molar-refractivity contribution in [3.05, 3.63) is 35.3 Å². The molecule has 0 aliphatic rings. The first-order valence-electron chi connectivity index (χ1n) is 4.62.